The van der Waals surface area contributed by atoms with E-state index >= 15 is 0 Å². The van der Waals surface area contributed by atoms with E-state index in [1.54, 1.807) is 0 Å². The number of carbonyl (C=O) groups is 1. The van der Waals surface area contributed by atoms with E-state index in [2.05, 4.69) is 18.7 Å². The van der Waals surface area contributed by atoms with Crippen LogP contribution in [0.4, 0.5) is 26.3 Å². The molecule has 3 rings (SSSR count). The van der Waals surface area contributed by atoms with Crippen LogP contribution in [-0.2, 0) is 17.1 Å². The average molecular weight is 516 g/mol. The van der Waals surface area contributed by atoms with Crippen molar-refractivity contribution in [3.63, 3.8) is 0 Å². The molecule has 1 heterocycles. The lowest BCUT2D eigenvalue weighted by molar-refractivity contribution is -0.139. The molecule has 0 unspecified atom stereocenters. The monoisotopic (exact) mass is 515 g/mol. The van der Waals surface area contributed by atoms with Crippen LogP contribution in [0.2, 0.25) is 0 Å². The number of carboxylic acids is 1. The van der Waals surface area contributed by atoms with Crippen molar-refractivity contribution < 1.29 is 36.2 Å². The Morgan fingerprint density at radius 2 is 1.44 bits per heavy atom. The first kappa shape index (κ1) is 28.0. The fourth-order valence-electron chi connectivity index (χ4n) is 4.99. The molecule has 9 heteroatoms. The molecule has 36 heavy (non-hydrogen) atoms. The van der Waals surface area contributed by atoms with E-state index in [1.165, 1.54) is 24.3 Å². The summed E-state index contributed by atoms with van der Waals surface area (Å²) in [5, 5.41) is 9.31. The third-order valence-corrected chi connectivity index (χ3v) is 6.88. The van der Waals surface area contributed by atoms with Gasteiger partial charge in [0, 0.05) is 18.5 Å². The van der Waals surface area contributed by atoms with Crippen LogP contribution >= 0.6 is 0 Å². The highest BCUT2D eigenvalue weighted by Gasteiger charge is 2.37. The fraction of sp³-hybridized carbons (Fsp3) is 0.519. The van der Waals surface area contributed by atoms with Crippen molar-refractivity contribution in [1.82, 2.24) is 4.90 Å². The molecule has 1 saturated heterocycles. The van der Waals surface area contributed by atoms with Crippen LogP contribution in [0.15, 0.2) is 48.5 Å². The summed E-state index contributed by atoms with van der Waals surface area (Å²) in [5.41, 5.74) is -0.167. The third-order valence-electron chi connectivity index (χ3n) is 6.88. The molecule has 0 aromatic heterocycles. The maximum Gasteiger partial charge on any atom is 0.416 e. The van der Waals surface area contributed by atoms with Gasteiger partial charge in [-0.3, -0.25) is 9.69 Å². The second-order valence-corrected chi connectivity index (χ2v) is 9.97. The summed E-state index contributed by atoms with van der Waals surface area (Å²) in [6.07, 6.45) is -6.48. The first-order valence-corrected chi connectivity index (χ1v) is 12.1. The summed E-state index contributed by atoms with van der Waals surface area (Å²) < 4.78 is 78.8. The Balaban J connectivity index is 1.99. The van der Waals surface area contributed by atoms with Gasteiger partial charge in [-0.25, -0.2) is 0 Å². The van der Waals surface area contributed by atoms with Crippen molar-refractivity contribution in [1.29, 1.82) is 0 Å². The molecular formula is C27H31F6NO2. The van der Waals surface area contributed by atoms with Gasteiger partial charge >= 0.3 is 18.3 Å². The molecule has 1 aliphatic heterocycles. The number of likely N-dealkylation sites (tertiary alicyclic amines) is 1. The lowest BCUT2D eigenvalue weighted by Crippen LogP contribution is -2.40. The third kappa shape index (κ3) is 7.24. The van der Waals surface area contributed by atoms with Gasteiger partial charge in [0.05, 0.1) is 11.1 Å². The van der Waals surface area contributed by atoms with E-state index in [4.69, 9.17) is 0 Å². The lowest BCUT2D eigenvalue weighted by atomic mass is 9.82. The van der Waals surface area contributed by atoms with E-state index in [9.17, 15) is 36.2 Å². The fourth-order valence-corrected chi connectivity index (χ4v) is 4.99. The number of halogens is 6. The molecule has 2 aromatic carbocycles. The Morgan fingerprint density at radius 1 is 0.917 bits per heavy atom. The van der Waals surface area contributed by atoms with E-state index in [1.807, 2.05) is 0 Å². The molecule has 0 bridgehead atoms. The predicted molar refractivity (Wildman–Crippen MR) is 124 cm³/mol. The minimum absolute atomic E-state index is 0.0398. The van der Waals surface area contributed by atoms with Crippen LogP contribution in [0.1, 0.15) is 80.3 Å². The quantitative estimate of drug-likeness (QED) is 0.361. The number of nitrogens with zero attached hydrogens (tertiary/aromatic N) is 1. The summed E-state index contributed by atoms with van der Waals surface area (Å²) in [6, 6.07) is 9.35. The highest BCUT2D eigenvalue weighted by atomic mass is 19.4. The molecule has 0 amide bonds. The number of hydrogen-bond donors (Lipinski definition) is 1. The molecule has 0 aliphatic carbocycles. The van der Waals surface area contributed by atoms with E-state index in [-0.39, 0.29) is 24.4 Å². The minimum atomic E-state index is -4.48. The highest BCUT2D eigenvalue weighted by molar-refractivity contribution is 5.67. The maximum absolute atomic E-state index is 13.1. The normalized spacial score (nSPS) is 20.5. The number of benzene rings is 2. The summed E-state index contributed by atoms with van der Waals surface area (Å²) >= 11 is 0. The number of hydrogen-bond acceptors (Lipinski definition) is 2. The van der Waals surface area contributed by atoms with E-state index < -0.39 is 29.4 Å². The largest absolute Gasteiger partial charge is 0.481 e. The van der Waals surface area contributed by atoms with Crippen LogP contribution in [0.25, 0.3) is 0 Å². The van der Waals surface area contributed by atoms with Gasteiger partial charge in [0.2, 0.25) is 0 Å². The molecular weight excluding hydrogens is 484 g/mol. The predicted octanol–water partition coefficient (Wildman–Crippen LogP) is 8.13. The van der Waals surface area contributed by atoms with Crippen molar-refractivity contribution in [3.05, 3.63) is 70.8 Å². The van der Waals surface area contributed by atoms with Crippen molar-refractivity contribution in [2.24, 2.45) is 11.8 Å². The van der Waals surface area contributed by atoms with Gasteiger partial charge in [-0.1, -0.05) is 38.1 Å². The van der Waals surface area contributed by atoms with E-state index in [0.717, 1.165) is 30.7 Å². The van der Waals surface area contributed by atoms with Gasteiger partial charge in [-0.05, 0) is 79.5 Å². The Bertz CT molecular complexity index is 999. The van der Waals surface area contributed by atoms with Crippen LogP contribution < -0.4 is 0 Å². The molecule has 1 aliphatic rings. The molecule has 0 saturated carbocycles. The number of piperidine rings is 1. The molecule has 3 atom stereocenters. The van der Waals surface area contributed by atoms with Gasteiger partial charge in [0.1, 0.15) is 0 Å². The van der Waals surface area contributed by atoms with Crippen LogP contribution in [0, 0.1) is 11.8 Å². The van der Waals surface area contributed by atoms with Gasteiger partial charge in [-0.15, -0.1) is 0 Å². The zero-order chi connectivity index (χ0) is 26.7. The molecule has 0 radical (unpaired) electrons. The van der Waals surface area contributed by atoms with Crippen LogP contribution in [0.5, 0.6) is 0 Å². The van der Waals surface area contributed by atoms with Crippen molar-refractivity contribution in [3.8, 4) is 0 Å². The van der Waals surface area contributed by atoms with E-state index in [0.29, 0.717) is 42.9 Å². The zero-order valence-corrected chi connectivity index (χ0v) is 20.2. The summed E-state index contributed by atoms with van der Waals surface area (Å²) in [4.78, 5) is 13.5. The Kier molecular flexibility index (Phi) is 8.75. The standard InChI is InChI=1S/C27H31F6NO2/c1-17(2)3-12-23(19-4-8-21(9-5-19)26(28,29)30)34-14-13-18(16-25(35)36)15-24(34)20-6-10-22(11-7-20)27(31,32)33/h4-11,17-18,23-24H,3,12-16H2,1-2H3,(H,35,36)/t18-,23+,24-/m0/s1. The Labute approximate surface area is 207 Å². The second kappa shape index (κ2) is 11.2. The molecule has 1 fully saturated rings. The topological polar surface area (TPSA) is 40.5 Å². The molecule has 1 N–H and O–H groups in total. The van der Waals surface area contributed by atoms with Crippen molar-refractivity contribution >= 4 is 5.97 Å². The first-order chi connectivity index (χ1) is 16.8. The molecule has 198 valence electrons. The summed E-state index contributed by atoms with van der Waals surface area (Å²) in [7, 11) is 0. The number of carboxylic acid groups (broad SMARTS) is 1. The van der Waals surface area contributed by atoms with Gasteiger partial charge in [0.15, 0.2) is 0 Å². The molecule has 3 nitrogen and oxygen atoms in total. The first-order valence-electron chi connectivity index (χ1n) is 12.1. The van der Waals surface area contributed by atoms with Gasteiger partial charge in [0.25, 0.3) is 0 Å². The zero-order valence-electron chi connectivity index (χ0n) is 20.2. The SMILES string of the molecule is CC(C)CC[C@H](c1ccc(C(F)(F)F)cc1)N1CC[C@H](CC(=O)O)C[C@H]1c1ccc(C(F)(F)F)cc1. The van der Waals surface area contributed by atoms with Gasteiger partial charge < -0.3 is 5.11 Å². The van der Waals surface area contributed by atoms with Crippen molar-refractivity contribution in [2.45, 2.75) is 70.4 Å². The van der Waals surface area contributed by atoms with Crippen molar-refractivity contribution in [2.75, 3.05) is 6.54 Å². The van der Waals surface area contributed by atoms with Crippen LogP contribution in [0.3, 0.4) is 0 Å². The number of alkyl halides is 6. The van der Waals surface area contributed by atoms with Gasteiger partial charge in [-0.2, -0.15) is 26.3 Å². The Hall–Kier alpha value is -2.55. The average Bonchev–Trinajstić information content (AvgIpc) is 2.78. The maximum atomic E-state index is 13.1. The molecule has 2 aromatic rings. The highest BCUT2D eigenvalue weighted by Crippen LogP contribution is 2.43. The summed E-state index contributed by atoms with van der Waals surface area (Å²) in [6.45, 7) is 4.60. The lowest BCUT2D eigenvalue weighted by Gasteiger charge is -2.44. The smallest absolute Gasteiger partial charge is 0.416 e. The second-order valence-electron chi connectivity index (χ2n) is 9.97. The summed E-state index contributed by atoms with van der Waals surface area (Å²) in [5.74, 6) is -0.737. The Morgan fingerprint density at radius 3 is 1.92 bits per heavy atom. The van der Waals surface area contributed by atoms with Crippen LogP contribution in [-0.4, -0.2) is 22.5 Å². The number of rotatable bonds is 8. The number of aliphatic carboxylic acids is 1. The minimum Gasteiger partial charge on any atom is -0.481 e. The molecule has 0 spiro atoms.